The highest BCUT2D eigenvalue weighted by molar-refractivity contribution is 5.94. The zero-order chi connectivity index (χ0) is 23.4. The number of imidazole rings is 1. The van der Waals surface area contributed by atoms with Crippen molar-refractivity contribution in [2.24, 2.45) is 5.92 Å². The van der Waals surface area contributed by atoms with Crippen LogP contribution in [0.3, 0.4) is 0 Å². The number of nitrogens with zero attached hydrogens (tertiary/aromatic N) is 3. The predicted molar refractivity (Wildman–Crippen MR) is 128 cm³/mol. The summed E-state index contributed by atoms with van der Waals surface area (Å²) in [6.45, 7) is 6.03. The normalized spacial score (nSPS) is 12.8. The molecule has 0 radical (unpaired) electrons. The number of aryl methyl sites for hydroxylation is 1. The minimum absolute atomic E-state index is 0.00542. The first kappa shape index (κ1) is 22.3. The lowest BCUT2D eigenvalue weighted by atomic mass is 10.1. The fourth-order valence-electron chi connectivity index (χ4n) is 3.59. The molecule has 0 unspecified atom stereocenters. The Hall–Kier alpha value is -3.87. The Morgan fingerprint density at radius 2 is 1.88 bits per heavy atom. The number of hydrogen-bond acceptors (Lipinski definition) is 4. The number of ether oxygens (including phenoxy) is 1. The minimum Gasteiger partial charge on any atom is -0.497 e. The molecule has 0 saturated heterocycles. The van der Waals surface area contributed by atoms with E-state index >= 15 is 0 Å². The van der Waals surface area contributed by atoms with Gasteiger partial charge in [0.25, 0.3) is 0 Å². The summed E-state index contributed by atoms with van der Waals surface area (Å²) in [6.07, 6.45) is 5.30. The Labute approximate surface area is 193 Å². The van der Waals surface area contributed by atoms with Crippen molar-refractivity contribution in [3.63, 3.8) is 0 Å². The monoisotopic (exact) mass is 444 g/mol. The van der Waals surface area contributed by atoms with Crippen LogP contribution in [0, 0.1) is 12.8 Å². The molecule has 1 aliphatic rings. The van der Waals surface area contributed by atoms with Crippen molar-refractivity contribution in [1.82, 2.24) is 14.5 Å². The van der Waals surface area contributed by atoms with Gasteiger partial charge in [0, 0.05) is 29.9 Å². The van der Waals surface area contributed by atoms with Gasteiger partial charge in [0.15, 0.2) is 0 Å². The lowest BCUT2D eigenvalue weighted by molar-refractivity contribution is -0.135. The smallest absolute Gasteiger partial charge is 0.246 e. The molecule has 1 fully saturated rings. The van der Waals surface area contributed by atoms with Gasteiger partial charge < -0.3 is 9.64 Å². The highest BCUT2D eigenvalue weighted by atomic mass is 16.5. The van der Waals surface area contributed by atoms with Crippen molar-refractivity contribution in [2.45, 2.75) is 19.8 Å². The first-order valence-corrected chi connectivity index (χ1v) is 11.0. The maximum atomic E-state index is 12.9. The summed E-state index contributed by atoms with van der Waals surface area (Å²) < 4.78 is 7.09. The summed E-state index contributed by atoms with van der Waals surface area (Å²) in [5.74, 6) is 0.894. The molecular weight excluding hydrogens is 416 g/mol. The van der Waals surface area contributed by atoms with Gasteiger partial charge in [-0.15, -0.1) is 6.58 Å². The molecule has 0 spiro atoms. The van der Waals surface area contributed by atoms with E-state index in [9.17, 15) is 9.59 Å². The third kappa shape index (κ3) is 5.31. The van der Waals surface area contributed by atoms with Gasteiger partial charge in [-0.2, -0.15) is 0 Å². The molecule has 1 saturated carbocycles. The van der Waals surface area contributed by atoms with Crippen LogP contribution in [0.25, 0.3) is 16.9 Å². The zero-order valence-corrected chi connectivity index (χ0v) is 19.0. The van der Waals surface area contributed by atoms with E-state index in [4.69, 9.17) is 4.74 Å². The van der Waals surface area contributed by atoms with Gasteiger partial charge in [-0.3, -0.25) is 19.5 Å². The topological polar surface area (TPSA) is 76.5 Å². The van der Waals surface area contributed by atoms with Gasteiger partial charge in [-0.25, -0.2) is 4.98 Å². The van der Waals surface area contributed by atoms with Crippen molar-refractivity contribution in [1.29, 1.82) is 0 Å². The average Bonchev–Trinajstić information content (AvgIpc) is 3.59. The SMILES string of the molecule is C=CCN(CC(=O)Nc1nc(-c2ccc(OC)cc2)cn1-c1ccc(C)cc1)C(=O)C1CC1. The molecule has 1 aliphatic carbocycles. The van der Waals surface area contributed by atoms with Gasteiger partial charge in [-0.05, 0) is 56.2 Å². The molecule has 0 aliphatic heterocycles. The summed E-state index contributed by atoms with van der Waals surface area (Å²) >= 11 is 0. The maximum Gasteiger partial charge on any atom is 0.246 e. The molecule has 7 heteroatoms. The van der Waals surface area contributed by atoms with Gasteiger partial charge in [0.05, 0.1) is 12.8 Å². The van der Waals surface area contributed by atoms with Crippen LogP contribution in [-0.2, 0) is 9.59 Å². The summed E-state index contributed by atoms with van der Waals surface area (Å²) in [6, 6.07) is 15.6. The number of aromatic nitrogens is 2. The first-order valence-electron chi connectivity index (χ1n) is 11.0. The third-order valence-corrected chi connectivity index (χ3v) is 5.58. The molecule has 1 N–H and O–H groups in total. The van der Waals surface area contributed by atoms with Crippen molar-refractivity contribution < 1.29 is 14.3 Å². The Kier molecular flexibility index (Phi) is 6.58. The molecule has 1 aromatic heterocycles. The van der Waals surface area contributed by atoms with Crippen LogP contribution >= 0.6 is 0 Å². The summed E-state index contributed by atoms with van der Waals surface area (Å²) in [4.78, 5) is 31.6. The third-order valence-electron chi connectivity index (χ3n) is 5.58. The van der Waals surface area contributed by atoms with Crippen molar-refractivity contribution in [3.05, 3.63) is 72.9 Å². The second kappa shape index (κ2) is 9.73. The fourth-order valence-corrected chi connectivity index (χ4v) is 3.59. The molecule has 7 nitrogen and oxygen atoms in total. The van der Waals surface area contributed by atoms with E-state index in [1.165, 1.54) is 0 Å². The number of rotatable bonds is 9. The molecule has 1 heterocycles. The highest BCUT2D eigenvalue weighted by Gasteiger charge is 2.33. The summed E-state index contributed by atoms with van der Waals surface area (Å²) in [5, 5.41) is 2.90. The molecule has 3 aromatic rings. The molecule has 2 amide bonds. The first-order chi connectivity index (χ1) is 16.0. The lowest BCUT2D eigenvalue weighted by Gasteiger charge is -2.20. The van der Waals surface area contributed by atoms with Crippen LogP contribution in [-0.4, -0.2) is 46.5 Å². The van der Waals surface area contributed by atoms with Gasteiger partial charge in [-0.1, -0.05) is 23.8 Å². The Morgan fingerprint density at radius 1 is 1.18 bits per heavy atom. The van der Waals surface area contributed by atoms with Crippen LogP contribution in [0.4, 0.5) is 5.95 Å². The summed E-state index contributed by atoms with van der Waals surface area (Å²) in [7, 11) is 1.62. The van der Waals surface area contributed by atoms with E-state index in [1.54, 1.807) is 18.1 Å². The average molecular weight is 445 g/mol. The van der Waals surface area contributed by atoms with E-state index in [0.29, 0.717) is 18.2 Å². The van der Waals surface area contributed by atoms with Gasteiger partial charge in [0.1, 0.15) is 12.3 Å². The Morgan fingerprint density at radius 3 is 2.48 bits per heavy atom. The standard InChI is InChI=1S/C26H28N4O3/c1-4-15-29(25(32)20-7-8-20)17-24(31)28-26-27-23(19-9-13-22(33-3)14-10-19)16-30(26)21-11-5-18(2)6-12-21/h4-6,9-14,16,20H,1,7-8,15,17H2,2-3H3,(H,27,28,31). The van der Waals surface area contributed by atoms with Crippen LogP contribution in [0.15, 0.2) is 67.4 Å². The van der Waals surface area contributed by atoms with E-state index in [1.807, 2.05) is 66.2 Å². The van der Waals surface area contributed by atoms with E-state index in [-0.39, 0.29) is 24.3 Å². The van der Waals surface area contributed by atoms with Crippen LogP contribution in [0.5, 0.6) is 5.75 Å². The molecule has 2 aromatic carbocycles. The highest BCUT2D eigenvalue weighted by Crippen LogP contribution is 2.31. The number of nitrogens with one attached hydrogen (secondary N) is 1. The van der Waals surface area contributed by atoms with Crippen LogP contribution in [0.2, 0.25) is 0 Å². The van der Waals surface area contributed by atoms with Crippen LogP contribution < -0.4 is 10.1 Å². The van der Waals surface area contributed by atoms with Crippen molar-refractivity contribution in [3.8, 4) is 22.7 Å². The predicted octanol–water partition coefficient (Wildman–Crippen LogP) is 4.22. The quantitative estimate of drug-likeness (QED) is 0.502. The zero-order valence-electron chi connectivity index (χ0n) is 19.0. The molecule has 170 valence electrons. The second-order valence-corrected chi connectivity index (χ2v) is 8.21. The molecule has 0 atom stereocenters. The largest absolute Gasteiger partial charge is 0.497 e. The molecule has 4 rings (SSSR count). The van der Waals surface area contributed by atoms with Gasteiger partial charge in [0.2, 0.25) is 17.8 Å². The van der Waals surface area contributed by atoms with Crippen molar-refractivity contribution in [2.75, 3.05) is 25.5 Å². The van der Waals surface area contributed by atoms with E-state index < -0.39 is 0 Å². The van der Waals surface area contributed by atoms with Crippen molar-refractivity contribution >= 4 is 17.8 Å². The van der Waals surface area contributed by atoms with Crippen LogP contribution in [0.1, 0.15) is 18.4 Å². The van der Waals surface area contributed by atoms with E-state index in [0.717, 1.165) is 35.4 Å². The second-order valence-electron chi connectivity index (χ2n) is 8.21. The number of amides is 2. The Balaban J connectivity index is 1.61. The maximum absolute atomic E-state index is 12.9. The summed E-state index contributed by atoms with van der Waals surface area (Å²) in [5.41, 5.74) is 3.62. The number of carbonyl (C=O) groups excluding carboxylic acids is 2. The molecular formula is C26H28N4O3. The molecule has 0 bridgehead atoms. The minimum atomic E-state index is -0.300. The Bertz CT molecular complexity index is 1150. The number of carbonyl (C=O) groups is 2. The number of hydrogen-bond donors (Lipinski definition) is 1. The van der Waals surface area contributed by atoms with Gasteiger partial charge >= 0.3 is 0 Å². The lowest BCUT2D eigenvalue weighted by Crippen LogP contribution is -2.39. The molecule has 33 heavy (non-hydrogen) atoms. The number of methoxy groups -OCH3 is 1. The number of benzene rings is 2. The number of anilines is 1. The fraction of sp³-hybridized carbons (Fsp3) is 0.269. The van der Waals surface area contributed by atoms with E-state index in [2.05, 4.69) is 16.9 Å².